The minimum Gasteiger partial charge on any atom is -0.492 e. The molecule has 124 valence electrons. The van der Waals surface area contributed by atoms with E-state index in [0.717, 1.165) is 4.88 Å². The average Bonchev–Trinajstić information content (AvgIpc) is 3.21. The predicted octanol–water partition coefficient (Wildman–Crippen LogP) is 1.24. The van der Waals surface area contributed by atoms with Gasteiger partial charge in [0.25, 0.3) is 0 Å². The Morgan fingerprint density at radius 1 is 1.30 bits per heavy atom. The van der Waals surface area contributed by atoms with E-state index in [-0.39, 0.29) is 25.1 Å². The van der Waals surface area contributed by atoms with E-state index in [1.807, 2.05) is 22.4 Å². The third-order valence-electron chi connectivity index (χ3n) is 3.51. The predicted molar refractivity (Wildman–Crippen MR) is 89.2 cm³/mol. The van der Waals surface area contributed by atoms with Gasteiger partial charge in [0.2, 0.25) is 10.8 Å². The molecule has 0 amide bonds. The quantitative estimate of drug-likeness (QED) is 0.591. The first-order chi connectivity index (χ1) is 11.2. The highest BCUT2D eigenvalue weighted by atomic mass is 32.1. The van der Waals surface area contributed by atoms with Crippen molar-refractivity contribution in [2.45, 2.75) is 13.0 Å². The van der Waals surface area contributed by atoms with Crippen molar-refractivity contribution in [2.75, 3.05) is 26.3 Å². The van der Waals surface area contributed by atoms with Crippen LogP contribution in [0.2, 0.25) is 0 Å². The van der Waals surface area contributed by atoms with Crippen molar-refractivity contribution in [3.8, 4) is 5.88 Å². The van der Waals surface area contributed by atoms with Crippen LogP contribution in [0.15, 0.2) is 17.5 Å². The Morgan fingerprint density at radius 3 is 2.61 bits per heavy atom. The largest absolute Gasteiger partial charge is 0.492 e. The molecule has 1 atom stereocenters. The van der Waals surface area contributed by atoms with Gasteiger partial charge in [0, 0.05) is 18.0 Å². The van der Waals surface area contributed by atoms with E-state index in [1.165, 1.54) is 15.9 Å². The first-order valence-electron chi connectivity index (χ1n) is 7.20. The van der Waals surface area contributed by atoms with Crippen LogP contribution in [0.1, 0.15) is 21.6 Å². The highest BCUT2D eigenvalue weighted by Crippen LogP contribution is 2.41. The van der Waals surface area contributed by atoms with Crippen molar-refractivity contribution in [3.05, 3.63) is 33.1 Å². The fourth-order valence-electron chi connectivity index (χ4n) is 2.57. The minimum atomic E-state index is -0.247. The molecule has 3 N–H and O–H groups in total. The molecule has 3 aromatic rings. The second-order valence-electron chi connectivity index (χ2n) is 5.04. The fourth-order valence-corrected chi connectivity index (χ4v) is 4.67. The van der Waals surface area contributed by atoms with Gasteiger partial charge in [-0.15, -0.1) is 16.4 Å². The Hall–Kier alpha value is -1.52. The molecule has 0 fully saturated rings. The lowest BCUT2D eigenvalue weighted by Crippen LogP contribution is -2.34. The molecule has 0 bridgehead atoms. The molecule has 0 saturated heterocycles. The summed E-state index contributed by atoms with van der Waals surface area (Å²) in [6, 6.07) is 3.68. The molecule has 9 heteroatoms. The van der Waals surface area contributed by atoms with Gasteiger partial charge in [-0.3, -0.25) is 4.90 Å². The number of thiazole rings is 1. The zero-order valence-electron chi connectivity index (χ0n) is 12.6. The number of fused-ring (bicyclic) bond motifs is 1. The molecular weight excluding hydrogens is 336 g/mol. The van der Waals surface area contributed by atoms with E-state index in [1.54, 1.807) is 18.3 Å². The number of thiophene rings is 1. The molecule has 0 radical (unpaired) electrons. The summed E-state index contributed by atoms with van der Waals surface area (Å²) in [5.41, 5.74) is 0. The summed E-state index contributed by atoms with van der Waals surface area (Å²) in [7, 11) is 0. The fraction of sp³-hybridized carbons (Fsp3) is 0.429. The Bertz CT molecular complexity index is 763. The van der Waals surface area contributed by atoms with Crippen molar-refractivity contribution in [1.29, 1.82) is 0 Å². The monoisotopic (exact) mass is 354 g/mol. The Morgan fingerprint density at radius 2 is 2.04 bits per heavy atom. The second kappa shape index (κ2) is 6.93. The number of hydrogen-bond donors (Lipinski definition) is 3. The standard InChI is InChI=1S/C14H18N4O3S2/c1-9-15-14-18(16-9)13(21)12(23-14)11(10-3-2-8-22-10)17(4-6-19)5-7-20/h2-3,8,11,19-21H,4-7H2,1H3. The van der Waals surface area contributed by atoms with E-state index in [0.29, 0.717) is 28.8 Å². The number of nitrogens with zero attached hydrogens (tertiary/aromatic N) is 4. The Balaban J connectivity index is 2.09. The first-order valence-corrected chi connectivity index (χ1v) is 8.89. The van der Waals surface area contributed by atoms with E-state index < -0.39 is 0 Å². The number of aliphatic hydroxyl groups excluding tert-OH is 2. The van der Waals surface area contributed by atoms with Gasteiger partial charge < -0.3 is 15.3 Å². The SMILES string of the molecule is Cc1nc2sc(C(c3cccs3)N(CCO)CCO)c(O)n2n1. The van der Waals surface area contributed by atoms with E-state index in [2.05, 4.69) is 10.1 Å². The molecule has 3 heterocycles. The molecule has 7 nitrogen and oxygen atoms in total. The molecular formula is C14H18N4O3S2. The van der Waals surface area contributed by atoms with Crippen molar-refractivity contribution < 1.29 is 15.3 Å². The Kier molecular flexibility index (Phi) is 4.93. The van der Waals surface area contributed by atoms with Crippen LogP contribution < -0.4 is 0 Å². The maximum Gasteiger partial charge on any atom is 0.230 e. The number of aromatic hydroxyl groups is 1. The van der Waals surface area contributed by atoms with Gasteiger partial charge in [-0.05, 0) is 18.4 Å². The normalized spacial score (nSPS) is 13.2. The van der Waals surface area contributed by atoms with Gasteiger partial charge in [-0.25, -0.2) is 4.98 Å². The summed E-state index contributed by atoms with van der Waals surface area (Å²) in [6.45, 7) is 2.52. The molecule has 0 aliphatic rings. The topological polar surface area (TPSA) is 94.1 Å². The van der Waals surface area contributed by atoms with Crippen LogP contribution in [0.5, 0.6) is 5.88 Å². The zero-order valence-corrected chi connectivity index (χ0v) is 14.2. The summed E-state index contributed by atoms with van der Waals surface area (Å²) in [4.78, 5) is 8.63. The summed E-state index contributed by atoms with van der Waals surface area (Å²) in [5.74, 6) is 0.665. The number of aromatic nitrogens is 3. The van der Waals surface area contributed by atoms with Gasteiger partial charge in [0.05, 0.1) is 24.1 Å². The Labute approximate surface area is 141 Å². The van der Waals surface area contributed by atoms with E-state index in [9.17, 15) is 15.3 Å². The van der Waals surface area contributed by atoms with Crippen LogP contribution in [0.4, 0.5) is 0 Å². The highest BCUT2D eigenvalue weighted by Gasteiger charge is 2.29. The molecule has 3 aromatic heterocycles. The number of aryl methyl sites for hydroxylation is 1. The lowest BCUT2D eigenvalue weighted by molar-refractivity contribution is 0.137. The molecule has 3 rings (SSSR count). The van der Waals surface area contributed by atoms with Crippen LogP contribution in [0.3, 0.4) is 0 Å². The summed E-state index contributed by atoms with van der Waals surface area (Å²) in [5, 5.41) is 35.5. The van der Waals surface area contributed by atoms with Gasteiger partial charge in [-0.1, -0.05) is 17.4 Å². The average molecular weight is 354 g/mol. The third-order valence-corrected chi connectivity index (χ3v) is 5.50. The number of rotatable bonds is 7. The summed E-state index contributed by atoms with van der Waals surface area (Å²) >= 11 is 2.94. The maximum atomic E-state index is 10.6. The van der Waals surface area contributed by atoms with Crippen LogP contribution in [0, 0.1) is 6.92 Å². The molecule has 0 aromatic carbocycles. The van der Waals surface area contributed by atoms with Crippen molar-refractivity contribution >= 4 is 27.6 Å². The summed E-state index contributed by atoms with van der Waals surface area (Å²) < 4.78 is 1.44. The van der Waals surface area contributed by atoms with Crippen molar-refractivity contribution in [1.82, 2.24) is 19.5 Å². The highest BCUT2D eigenvalue weighted by molar-refractivity contribution is 7.17. The summed E-state index contributed by atoms with van der Waals surface area (Å²) in [6.07, 6.45) is 0. The van der Waals surface area contributed by atoms with Gasteiger partial charge in [0.15, 0.2) is 0 Å². The lowest BCUT2D eigenvalue weighted by Gasteiger charge is -2.29. The molecule has 0 spiro atoms. The molecule has 1 unspecified atom stereocenters. The first kappa shape index (κ1) is 16.3. The third kappa shape index (κ3) is 3.10. The second-order valence-corrected chi connectivity index (χ2v) is 7.03. The van der Waals surface area contributed by atoms with Crippen LogP contribution in [0.25, 0.3) is 4.96 Å². The van der Waals surface area contributed by atoms with Gasteiger partial charge in [0.1, 0.15) is 5.82 Å². The number of aliphatic hydroxyl groups is 2. The van der Waals surface area contributed by atoms with Gasteiger partial charge >= 0.3 is 0 Å². The van der Waals surface area contributed by atoms with Crippen molar-refractivity contribution in [3.63, 3.8) is 0 Å². The smallest absolute Gasteiger partial charge is 0.230 e. The van der Waals surface area contributed by atoms with E-state index >= 15 is 0 Å². The van der Waals surface area contributed by atoms with Gasteiger partial charge in [-0.2, -0.15) is 4.52 Å². The number of hydrogen-bond acceptors (Lipinski definition) is 8. The molecule has 0 aliphatic carbocycles. The zero-order chi connectivity index (χ0) is 16.4. The van der Waals surface area contributed by atoms with Crippen molar-refractivity contribution in [2.24, 2.45) is 0 Å². The van der Waals surface area contributed by atoms with E-state index in [4.69, 9.17) is 0 Å². The van der Waals surface area contributed by atoms with Crippen LogP contribution in [-0.2, 0) is 0 Å². The molecule has 0 aliphatic heterocycles. The molecule has 0 saturated carbocycles. The van der Waals surface area contributed by atoms with Crippen LogP contribution >= 0.6 is 22.7 Å². The lowest BCUT2D eigenvalue weighted by atomic mass is 10.1. The van der Waals surface area contributed by atoms with Crippen LogP contribution in [-0.4, -0.2) is 61.1 Å². The minimum absolute atomic E-state index is 0.0253. The maximum absolute atomic E-state index is 10.6. The molecule has 23 heavy (non-hydrogen) atoms.